The number of methoxy groups -OCH3 is 1. The second kappa shape index (κ2) is 15.8. The van der Waals surface area contributed by atoms with Crippen molar-refractivity contribution < 1.29 is 23.8 Å². The van der Waals surface area contributed by atoms with Crippen molar-refractivity contribution in [2.45, 2.75) is 32.2 Å². The van der Waals surface area contributed by atoms with E-state index in [1.807, 2.05) is 24.3 Å². The van der Waals surface area contributed by atoms with Crippen LogP contribution in [0, 0.1) is 0 Å². The zero-order valence-corrected chi connectivity index (χ0v) is 22.3. The van der Waals surface area contributed by atoms with Crippen LogP contribution in [-0.2, 0) is 32.0 Å². The number of aromatic amines is 1. The predicted molar refractivity (Wildman–Crippen MR) is 146 cm³/mol. The third-order valence-electron chi connectivity index (χ3n) is 5.80. The van der Waals surface area contributed by atoms with Gasteiger partial charge in [-0.25, -0.2) is 4.79 Å². The van der Waals surface area contributed by atoms with Crippen molar-refractivity contribution >= 4 is 28.7 Å². The standard InChI is InChI=1S/C25H33N9O6/c1-38-14-15-40-24-31-22(26)21-23(32-24)34(25(37)30-21)16-18-4-2-17(3-5-18)6-7-19(35)8-9-20(36)28-10-12-39-13-11-29-33-27/h2-5H,6-16H2,1H3,(H,28,36)(H,30,37)(H2,26,31,32). The first-order valence-corrected chi connectivity index (χ1v) is 12.7. The number of benzene rings is 1. The molecule has 40 heavy (non-hydrogen) atoms. The number of Topliss-reactive ketones (excluding diaryl/α,β-unsaturated/α-hetero) is 1. The minimum Gasteiger partial charge on any atom is -0.461 e. The number of anilines is 1. The fourth-order valence-corrected chi connectivity index (χ4v) is 3.72. The lowest BCUT2D eigenvalue weighted by Gasteiger charge is -2.08. The van der Waals surface area contributed by atoms with Crippen LogP contribution >= 0.6 is 0 Å². The molecule has 1 aromatic carbocycles. The molecule has 0 fully saturated rings. The second-order valence-electron chi connectivity index (χ2n) is 8.72. The second-order valence-corrected chi connectivity index (χ2v) is 8.72. The number of azide groups is 1. The third kappa shape index (κ3) is 9.38. The number of nitrogens with one attached hydrogen (secondary N) is 2. The molecule has 0 aliphatic rings. The topological polar surface area (TPSA) is 212 Å². The Bertz CT molecular complexity index is 1380. The van der Waals surface area contributed by atoms with Gasteiger partial charge >= 0.3 is 11.7 Å². The number of aryl methyl sites for hydroxylation is 1. The lowest BCUT2D eigenvalue weighted by atomic mass is 10.0. The number of nitrogen functional groups attached to an aromatic ring is 1. The summed E-state index contributed by atoms with van der Waals surface area (Å²) in [5, 5.41) is 6.03. The van der Waals surface area contributed by atoms with Crippen LogP contribution in [-0.4, -0.2) is 77.8 Å². The smallest absolute Gasteiger partial charge is 0.328 e. The first-order valence-electron chi connectivity index (χ1n) is 12.7. The summed E-state index contributed by atoms with van der Waals surface area (Å²) in [6.07, 6.45) is 1.13. The van der Waals surface area contributed by atoms with Gasteiger partial charge in [0.2, 0.25) is 5.91 Å². The van der Waals surface area contributed by atoms with Crippen LogP contribution in [0.5, 0.6) is 6.01 Å². The molecule has 1 amide bonds. The summed E-state index contributed by atoms with van der Waals surface area (Å²) in [6.45, 7) is 2.00. The molecule has 0 unspecified atom stereocenters. The number of aromatic nitrogens is 4. The highest BCUT2D eigenvalue weighted by Gasteiger charge is 2.15. The summed E-state index contributed by atoms with van der Waals surface area (Å²) >= 11 is 0. The highest BCUT2D eigenvalue weighted by atomic mass is 16.5. The molecule has 0 aliphatic heterocycles. The maximum Gasteiger partial charge on any atom is 0.328 e. The summed E-state index contributed by atoms with van der Waals surface area (Å²) in [6, 6.07) is 7.63. The average molecular weight is 556 g/mol. The fourth-order valence-electron chi connectivity index (χ4n) is 3.72. The molecule has 15 nitrogen and oxygen atoms in total. The number of imidazole rings is 1. The minimum atomic E-state index is -0.374. The zero-order chi connectivity index (χ0) is 28.7. The van der Waals surface area contributed by atoms with E-state index in [2.05, 4.69) is 30.3 Å². The number of ketones is 1. The number of carbonyl (C=O) groups is 2. The van der Waals surface area contributed by atoms with Crippen molar-refractivity contribution in [3.63, 3.8) is 0 Å². The normalized spacial score (nSPS) is 10.8. The van der Waals surface area contributed by atoms with E-state index in [1.165, 1.54) is 4.57 Å². The van der Waals surface area contributed by atoms with Crippen LogP contribution in [0.4, 0.5) is 5.82 Å². The van der Waals surface area contributed by atoms with E-state index in [0.29, 0.717) is 43.8 Å². The van der Waals surface area contributed by atoms with E-state index in [0.717, 1.165) is 11.1 Å². The molecular weight excluding hydrogens is 522 g/mol. The van der Waals surface area contributed by atoms with E-state index < -0.39 is 0 Å². The zero-order valence-electron chi connectivity index (χ0n) is 22.3. The Morgan fingerprint density at radius 2 is 1.88 bits per heavy atom. The van der Waals surface area contributed by atoms with Gasteiger partial charge in [-0.3, -0.25) is 14.2 Å². The molecule has 0 saturated carbocycles. The molecule has 15 heteroatoms. The number of nitrogens with zero attached hydrogens (tertiary/aromatic N) is 6. The molecule has 4 N–H and O–H groups in total. The van der Waals surface area contributed by atoms with Gasteiger partial charge in [-0.1, -0.05) is 29.4 Å². The van der Waals surface area contributed by atoms with Gasteiger partial charge in [0, 0.05) is 44.4 Å². The Hall–Kier alpha value is -4.46. The number of nitrogens with two attached hydrogens (primary N) is 1. The number of fused-ring (bicyclic) bond motifs is 1. The van der Waals surface area contributed by atoms with Crippen LogP contribution in [0.15, 0.2) is 34.2 Å². The highest BCUT2D eigenvalue weighted by Crippen LogP contribution is 2.19. The van der Waals surface area contributed by atoms with E-state index in [-0.39, 0.29) is 68.4 Å². The average Bonchev–Trinajstić information content (AvgIpc) is 3.26. The molecule has 3 aromatic rings. The van der Waals surface area contributed by atoms with E-state index in [1.54, 1.807) is 7.11 Å². The lowest BCUT2D eigenvalue weighted by molar-refractivity contribution is -0.125. The summed E-state index contributed by atoms with van der Waals surface area (Å²) in [4.78, 5) is 50.4. The molecule has 2 aromatic heterocycles. The molecule has 0 bridgehead atoms. The number of hydrogen-bond acceptors (Lipinski definition) is 10. The first kappa shape index (κ1) is 30.1. The summed E-state index contributed by atoms with van der Waals surface area (Å²) in [5.41, 5.74) is 16.3. The molecule has 0 radical (unpaired) electrons. The summed E-state index contributed by atoms with van der Waals surface area (Å²) in [5.74, 6) is -0.112. The van der Waals surface area contributed by atoms with Crippen molar-refractivity contribution in [1.29, 1.82) is 0 Å². The number of H-pyrrole nitrogens is 1. The van der Waals surface area contributed by atoms with Gasteiger partial charge in [-0.2, -0.15) is 9.97 Å². The molecular formula is C25H33N9O6. The number of carbonyl (C=O) groups excluding carboxylic acids is 2. The van der Waals surface area contributed by atoms with Crippen molar-refractivity contribution in [1.82, 2.24) is 24.8 Å². The van der Waals surface area contributed by atoms with Gasteiger partial charge in [-0.05, 0) is 23.1 Å². The van der Waals surface area contributed by atoms with Crippen molar-refractivity contribution in [2.75, 3.05) is 52.4 Å². The quantitative estimate of drug-likeness (QED) is 0.0896. The third-order valence-corrected chi connectivity index (χ3v) is 5.80. The molecule has 2 heterocycles. The SMILES string of the molecule is COCCOc1nc(N)c2[nH]c(=O)n(Cc3ccc(CCC(=O)CCC(=O)NCCOCCN=[N+]=[N-])cc3)c2n1. The molecule has 0 aliphatic carbocycles. The van der Waals surface area contributed by atoms with Crippen LogP contribution in [0.3, 0.4) is 0 Å². The largest absolute Gasteiger partial charge is 0.461 e. The van der Waals surface area contributed by atoms with Gasteiger partial charge in [-0.15, -0.1) is 0 Å². The van der Waals surface area contributed by atoms with Gasteiger partial charge in [0.05, 0.1) is 26.4 Å². The van der Waals surface area contributed by atoms with Gasteiger partial charge in [0.25, 0.3) is 0 Å². The Morgan fingerprint density at radius 1 is 1.10 bits per heavy atom. The maximum atomic E-state index is 12.6. The number of ether oxygens (including phenoxy) is 3. The molecule has 0 atom stereocenters. The van der Waals surface area contributed by atoms with E-state index >= 15 is 0 Å². The van der Waals surface area contributed by atoms with Gasteiger partial charge in [0.1, 0.15) is 17.9 Å². The molecule has 0 spiro atoms. The predicted octanol–water partition coefficient (Wildman–Crippen LogP) is 1.50. The van der Waals surface area contributed by atoms with Crippen LogP contribution < -0.4 is 21.5 Å². The number of rotatable bonds is 18. The molecule has 0 saturated heterocycles. The van der Waals surface area contributed by atoms with Crippen molar-refractivity contribution in [2.24, 2.45) is 5.11 Å². The Balaban J connectivity index is 1.45. The molecule has 3 rings (SSSR count). The van der Waals surface area contributed by atoms with Gasteiger partial charge in [0.15, 0.2) is 11.5 Å². The maximum absolute atomic E-state index is 12.6. The van der Waals surface area contributed by atoms with Crippen molar-refractivity contribution in [3.8, 4) is 6.01 Å². The van der Waals surface area contributed by atoms with Crippen LogP contribution in [0.2, 0.25) is 0 Å². The van der Waals surface area contributed by atoms with Crippen LogP contribution in [0.25, 0.3) is 21.6 Å². The Kier molecular flexibility index (Phi) is 11.9. The minimum absolute atomic E-state index is 0.00372. The van der Waals surface area contributed by atoms with Gasteiger partial charge < -0.3 is 30.2 Å². The first-order chi connectivity index (χ1) is 19.4. The number of hydrogen-bond donors (Lipinski definition) is 3. The highest BCUT2D eigenvalue weighted by molar-refractivity contribution is 5.85. The monoisotopic (exact) mass is 555 g/mol. The lowest BCUT2D eigenvalue weighted by Crippen LogP contribution is -2.27. The van der Waals surface area contributed by atoms with Crippen LogP contribution in [0.1, 0.15) is 30.4 Å². The summed E-state index contributed by atoms with van der Waals surface area (Å²) in [7, 11) is 1.55. The number of amides is 1. The fraction of sp³-hybridized carbons (Fsp3) is 0.480. The van der Waals surface area contributed by atoms with Crippen molar-refractivity contribution in [3.05, 3.63) is 56.3 Å². The Labute approximate surface area is 229 Å². The van der Waals surface area contributed by atoms with E-state index in [4.69, 9.17) is 25.5 Å². The molecule has 214 valence electrons. The van der Waals surface area contributed by atoms with E-state index in [9.17, 15) is 14.4 Å². The Morgan fingerprint density at radius 3 is 2.62 bits per heavy atom. The summed E-state index contributed by atoms with van der Waals surface area (Å²) < 4.78 is 17.1.